The molecule has 0 saturated heterocycles. The Labute approximate surface area is 116 Å². The van der Waals surface area contributed by atoms with Crippen LogP contribution in [0.4, 0.5) is 17.6 Å². The van der Waals surface area contributed by atoms with Crippen LogP contribution >= 0.6 is 11.6 Å². The molecule has 2 aromatic rings. The molecule has 1 nitrogen and oxygen atoms in total. The number of hydrogen-bond donors (Lipinski definition) is 0. The second kappa shape index (κ2) is 5.63. The van der Waals surface area contributed by atoms with Crippen molar-refractivity contribution < 1.29 is 22.4 Å². The summed E-state index contributed by atoms with van der Waals surface area (Å²) < 4.78 is 53.1. The molecule has 0 fully saturated rings. The monoisotopic (exact) mass is 302 g/mol. The van der Waals surface area contributed by atoms with E-state index in [1.54, 1.807) is 0 Å². The topological polar surface area (TPSA) is 17.1 Å². The summed E-state index contributed by atoms with van der Waals surface area (Å²) in [5.41, 5.74) is -1.08. The molecular weight excluding hydrogens is 296 g/mol. The molecular formula is C14H7ClF4O. The molecule has 0 aromatic heterocycles. The quantitative estimate of drug-likeness (QED) is 0.609. The Morgan fingerprint density at radius 1 is 1.00 bits per heavy atom. The maximum absolute atomic E-state index is 13.5. The lowest BCUT2D eigenvalue weighted by Gasteiger charge is -2.07. The van der Waals surface area contributed by atoms with Gasteiger partial charge in [-0.05, 0) is 12.1 Å². The minimum atomic E-state index is -1.33. The van der Waals surface area contributed by atoms with Gasteiger partial charge in [-0.1, -0.05) is 17.7 Å². The van der Waals surface area contributed by atoms with Gasteiger partial charge < -0.3 is 0 Å². The van der Waals surface area contributed by atoms with Crippen LogP contribution in [0.1, 0.15) is 15.9 Å². The zero-order valence-electron chi connectivity index (χ0n) is 9.89. The van der Waals surface area contributed by atoms with Crippen LogP contribution in [-0.4, -0.2) is 5.78 Å². The molecule has 0 spiro atoms. The van der Waals surface area contributed by atoms with Crippen LogP contribution in [0.2, 0.25) is 5.02 Å². The van der Waals surface area contributed by atoms with E-state index < -0.39 is 41.0 Å². The Hall–Kier alpha value is -1.88. The second-order valence-electron chi connectivity index (χ2n) is 4.04. The van der Waals surface area contributed by atoms with E-state index >= 15 is 0 Å². The molecule has 0 aliphatic rings. The van der Waals surface area contributed by atoms with Gasteiger partial charge in [0, 0.05) is 29.1 Å². The summed E-state index contributed by atoms with van der Waals surface area (Å²) in [5, 5.41) is -0.0266. The van der Waals surface area contributed by atoms with Gasteiger partial charge in [-0.3, -0.25) is 4.79 Å². The van der Waals surface area contributed by atoms with Gasteiger partial charge >= 0.3 is 0 Å². The van der Waals surface area contributed by atoms with Crippen LogP contribution in [0, 0.1) is 23.3 Å². The van der Waals surface area contributed by atoms with E-state index in [9.17, 15) is 22.4 Å². The van der Waals surface area contributed by atoms with Crippen molar-refractivity contribution in [2.45, 2.75) is 6.42 Å². The third-order valence-electron chi connectivity index (χ3n) is 2.68. The number of rotatable bonds is 3. The van der Waals surface area contributed by atoms with Gasteiger partial charge in [0.15, 0.2) is 5.78 Å². The van der Waals surface area contributed by atoms with Crippen molar-refractivity contribution in [1.29, 1.82) is 0 Å². The second-order valence-corrected chi connectivity index (χ2v) is 4.45. The molecule has 0 radical (unpaired) electrons. The average Bonchev–Trinajstić information content (AvgIpc) is 2.32. The van der Waals surface area contributed by atoms with Crippen LogP contribution in [0.15, 0.2) is 30.3 Å². The number of carbonyl (C=O) groups excluding carboxylic acids is 1. The zero-order chi connectivity index (χ0) is 14.9. The highest BCUT2D eigenvalue weighted by Crippen LogP contribution is 2.23. The number of halogens is 5. The summed E-state index contributed by atoms with van der Waals surface area (Å²) in [4.78, 5) is 11.8. The molecule has 0 N–H and O–H groups in total. The van der Waals surface area contributed by atoms with Gasteiger partial charge in [-0.2, -0.15) is 0 Å². The van der Waals surface area contributed by atoms with E-state index in [0.717, 1.165) is 6.07 Å². The van der Waals surface area contributed by atoms with E-state index in [0.29, 0.717) is 12.1 Å². The Bertz CT molecular complexity index is 642. The van der Waals surface area contributed by atoms with Gasteiger partial charge in [0.25, 0.3) is 0 Å². The summed E-state index contributed by atoms with van der Waals surface area (Å²) in [6.45, 7) is 0. The first-order valence-electron chi connectivity index (χ1n) is 5.50. The van der Waals surface area contributed by atoms with Crippen LogP contribution in [-0.2, 0) is 6.42 Å². The smallest absolute Gasteiger partial charge is 0.173 e. The van der Waals surface area contributed by atoms with E-state index in [4.69, 9.17) is 11.6 Å². The van der Waals surface area contributed by atoms with Crippen LogP contribution in [0.25, 0.3) is 0 Å². The molecule has 0 saturated carbocycles. The normalized spacial score (nSPS) is 10.7. The van der Waals surface area contributed by atoms with Crippen molar-refractivity contribution in [2.75, 3.05) is 0 Å². The Morgan fingerprint density at radius 2 is 1.60 bits per heavy atom. The SMILES string of the molecule is O=C(Cc1c(F)cccc1Cl)c1c(F)cc(F)cc1F. The van der Waals surface area contributed by atoms with Gasteiger partial charge in [-0.25, -0.2) is 17.6 Å². The van der Waals surface area contributed by atoms with Gasteiger partial charge in [0.05, 0.1) is 5.56 Å². The maximum atomic E-state index is 13.5. The minimum Gasteiger partial charge on any atom is -0.294 e. The van der Waals surface area contributed by atoms with Crippen molar-refractivity contribution in [1.82, 2.24) is 0 Å². The molecule has 0 heterocycles. The number of carbonyl (C=O) groups is 1. The Morgan fingerprint density at radius 3 is 2.15 bits per heavy atom. The lowest BCUT2D eigenvalue weighted by Crippen LogP contribution is -2.11. The standard InChI is InChI=1S/C14H7ClF4O/c15-9-2-1-3-10(17)8(9)6-13(20)14-11(18)4-7(16)5-12(14)19/h1-5H,6H2. The number of Topliss-reactive ketones (excluding diaryl/α,β-unsaturated/α-hetero) is 1. The fourth-order valence-electron chi connectivity index (χ4n) is 1.76. The van der Waals surface area contributed by atoms with Crippen molar-refractivity contribution in [3.05, 3.63) is 69.8 Å². The molecule has 0 aliphatic carbocycles. The highest BCUT2D eigenvalue weighted by Gasteiger charge is 2.21. The third-order valence-corrected chi connectivity index (χ3v) is 3.04. The summed E-state index contributed by atoms with van der Waals surface area (Å²) in [7, 11) is 0. The van der Waals surface area contributed by atoms with E-state index in [1.165, 1.54) is 12.1 Å². The highest BCUT2D eigenvalue weighted by atomic mass is 35.5. The maximum Gasteiger partial charge on any atom is 0.173 e. The first-order chi connectivity index (χ1) is 9.40. The molecule has 0 unspecified atom stereocenters. The molecule has 0 bridgehead atoms. The first-order valence-corrected chi connectivity index (χ1v) is 5.88. The molecule has 20 heavy (non-hydrogen) atoms. The Kier molecular flexibility index (Phi) is 4.09. The van der Waals surface area contributed by atoms with E-state index in [1.807, 2.05) is 0 Å². The van der Waals surface area contributed by atoms with Crippen LogP contribution in [0.3, 0.4) is 0 Å². The number of benzene rings is 2. The predicted molar refractivity (Wildman–Crippen MR) is 65.8 cm³/mol. The van der Waals surface area contributed by atoms with E-state index in [-0.39, 0.29) is 10.6 Å². The molecule has 6 heteroatoms. The third kappa shape index (κ3) is 2.82. The fraction of sp³-hybridized carbons (Fsp3) is 0.0714. The summed E-state index contributed by atoms with van der Waals surface area (Å²) in [6.07, 6.45) is -0.620. The summed E-state index contributed by atoms with van der Waals surface area (Å²) in [6, 6.07) is 4.54. The first kappa shape index (κ1) is 14.5. The van der Waals surface area contributed by atoms with Gasteiger partial charge in [0.1, 0.15) is 23.3 Å². The summed E-state index contributed by atoms with van der Waals surface area (Å²) in [5.74, 6) is -5.58. The lowest BCUT2D eigenvalue weighted by molar-refractivity contribution is 0.0983. The molecule has 0 aliphatic heterocycles. The van der Waals surface area contributed by atoms with Crippen LogP contribution in [0.5, 0.6) is 0 Å². The Balaban J connectivity index is 2.39. The molecule has 0 atom stereocenters. The molecule has 104 valence electrons. The van der Waals surface area contributed by atoms with Gasteiger partial charge in [-0.15, -0.1) is 0 Å². The van der Waals surface area contributed by atoms with Crippen molar-refractivity contribution in [3.63, 3.8) is 0 Å². The zero-order valence-corrected chi connectivity index (χ0v) is 10.6. The fourth-order valence-corrected chi connectivity index (χ4v) is 1.99. The number of hydrogen-bond acceptors (Lipinski definition) is 1. The van der Waals surface area contributed by atoms with Crippen molar-refractivity contribution in [3.8, 4) is 0 Å². The van der Waals surface area contributed by atoms with Gasteiger partial charge in [0.2, 0.25) is 0 Å². The highest BCUT2D eigenvalue weighted by molar-refractivity contribution is 6.31. The molecule has 0 amide bonds. The van der Waals surface area contributed by atoms with Crippen molar-refractivity contribution >= 4 is 17.4 Å². The predicted octanol–water partition coefficient (Wildman–Crippen LogP) is 4.32. The minimum absolute atomic E-state index is 0.0266. The van der Waals surface area contributed by atoms with E-state index in [2.05, 4.69) is 0 Å². The van der Waals surface area contributed by atoms with Crippen LogP contribution < -0.4 is 0 Å². The lowest BCUT2D eigenvalue weighted by atomic mass is 10.0. The average molecular weight is 303 g/mol. The van der Waals surface area contributed by atoms with Crippen molar-refractivity contribution in [2.24, 2.45) is 0 Å². The summed E-state index contributed by atoms with van der Waals surface area (Å²) >= 11 is 5.73. The number of ketones is 1. The molecule has 2 aromatic carbocycles. The largest absolute Gasteiger partial charge is 0.294 e. The molecule has 2 rings (SSSR count).